The molecular weight excluding hydrogens is 312 g/mol. The molecule has 0 saturated carbocycles. The van der Waals surface area contributed by atoms with E-state index in [-0.39, 0.29) is 0 Å². The van der Waals surface area contributed by atoms with Crippen molar-refractivity contribution in [2.24, 2.45) is 19.0 Å². The van der Waals surface area contributed by atoms with Crippen LogP contribution in [-0.2, 0) is 0 Å². The lowest BCUT2D eigenvalue weighted by atomic mass is 10.0. The van der Waals surface area contributed by atoms with Gasteiger partial charge in [0.15, 0.2) is 0 Å². The van der Waals surface area contributed by atoms with E-state index in [2.05, 4.69) is 55.5 Å². The molecule has 0 unspecified atom stereocenters. The minimum Gasteiger partial charge on any atom is -0.213 e. The van der Waals surface area contributed by atoms with Crippen molar-refractivity contribution in [2.45, 2.75) is 12.8 Å². The van der Waals surface area contributed by atoms with Crippen LogP contribution in [0.5, 0.6) is 0 Å². The van der Waals surface area contributed by atoms with Crippen molar-refractivity contribution < 1.29 is 0 Å². The van der Waals surface area contributed by atoms with Gasteiger partial charge in [-0.3, -0.25) is 0 Å². The summed E-state index contributed by atoms with van der Waals surface area (Å²) in [6.45, 7) is 0. The fraction of sp³-hybridized carbons (Fsp3) is 0.125. The van der Waals surface area contributed by atoms with Gasteiger partial charge in [0, 0.05) is 36.7 Å². The molecule has 0 N–H and O–H groups in total. The third kappa shape index (κ3) is 2.84. The molecular formula is C16H12N4S2. The van der Waals surface area contributed by atoms with Crippen molar-refractivity contribution in [1.29, 1.82) is 0 Å². The summed E-state index contributed by atoms with van der Waals surface area (Å²) in [5.74, 6) is 0. The van der Waals surface area contributed by atoms with Gasteiger partial charge in [-0.25, -0.2) is 8.80 Å². The number of rotatable bonds is 2. The van der Waals surface area contributed by atoms with Crippen molar-refractivity contribution in [3.8, 4) is 0 Å². The van der Waals surface area contributed by atoms with Gasteiger partial charge in [0.05, 0.1) is 11.4 Å². The monoisotopic (exact) mass is 324 g/mol. The highest BCUT2D eigenvalue weighted by atomic mass is 32.2. The van der Waals surface area contributed by atoms with E-state index in [0.29, 0.717) is 0 Å². The first-order valence-corrected chi connectivity index (χ1v) is 8.50. The van der Waals surface area contributed by atoms with Crippen molar-refractivity contribution >= 4 is 35.3 Å². The van der Waals surface area contributed by atoms with E-state index in [1.54, 1.807) is 0 Å². The molecule has 4 aliphatic rings. The highest BCUT2D eigenvalue weighted by Gasteiger charge is 2.16. The maximum atomic E-state index is 4.48. The summed E-state index contributed by atoms with van der Waals surface area (Å²) >= 11 is 2.75. The minimum atomic E-state index is 0.805. The average molecular weight is 324 g/mol. The Balaban J connectivity index is 1.51. The van der Waals surface area contributed by atoms with Gasteiger partial charge in [-0.1, -0.05) is 36.5 Å². The topological polar surface area (TPSA) is 49.4 Å². The second kappa shape index (κ2) is 6.06. The van der Waals surface area contributed by atoms with E-state index in [9.17, 15) is 0 Å². The third-order valence-corrected chi connectivity index (χ3v) is 4.81. The van der Waals surface area contributed by atoms with E-state index >= 15 is 0 Å². The lowest BCUT2D eigenvalue weighted by Crippen LogP contribution is -2.05. The molecule has 108 valence electrons. The van der Waals surface area contributed by atoms with Gasteiger partial charge in [-0.15, -0.1) is 10.2 Å². The van der Waals surface area contributed by atoms with Crippen LogP contribution in [0.1, 0.15) is 12.8 Å². The molecule has 0 aromatic carbocycles. The van der Waals surface area contributed by atoms with Crippen LogP contribution in [0.4, 0.5) is 0 Å². The lowest BCUT2D eigenvalue weighted by molar-refractivity contribution is 1.18. The number of azo groups is 1. The fourth-order valence-electron chi connectivity index (χ4n) is 2.29. The quantitative estimate of drug-likeness (QED) is 0.524. The molecule has 0 aromatic rings. The van der Waals surface area contributed by atoms with Crippen LogP contribution >= 0.6 is 23.9 Å². The summed E-state index contributed by atoms with van der Waals surface area (Å²) in [5.41, 5.74) is 4.46. The first-order chi connectivity index (χ1) is 10.9. The third-order valence-electron chi connectivity index (χ3n) is 3.42. The van der Waals surface area contributed by atoms with Crippen molar-refractivity contribution in [3.05, 3.63) is 69.8 Å². The predicted octanol–water partition coefficient (Wildman–Crippen LogP) is 5.10. The Hall–Kier alpha value is -1.92. The van der Waals surface area contributed by atoms with Crippen molar-refractivity contribution in [2.75, 3.05) is 0 Å². The zero-order valence-electron chi connectivity index (χ0n) is 11.6. The van der Waals surface area contributed by atoms with Crippen LogP contribution in [0.15, 0.2) is 88.8 Å². The largest absolute Gasteiger partial charge is 0.213 e. The van der Waals surface area contributed by atoms with Gasteiger partial charge in [0.1, 0.15) is 10.1 Å². The van der Waals surface area contributed by atoms with Crippen LogP contribution in [0, 0.1) is 0 Å². The molecule has 0 atom stereocenters. The van der Waals surface area contributed by atoms with Crippen LogP contribution < -0.4 is 0 Å². The predicted molar refractivity (Wildman–Crippen MR) is 94.8 cm³/mol. The van der Waals surface area contributed by atoms with E-state index in [4.69, 9.17) is 0 Å². The molecule has 6 heteroatoms. The standard InChI is InChI=1S/C16H12N4S2/c1-3-7-13-11(5-1)9-15(21-19-13)17-18-16-10-12-6-2-4-8-14(12)20-22-16/h1-6,9-10H,7-8H2. The Labute approximate surface area is 137 Å². The fourth-order valence-corrected chi connectivity index (χ4v) is 3.57. The van der Waals surface area contributed by atoms with Crippen LogP contribution in [0.3, 0.4) is 0 Å². The molecule has 2 heterocycles. The first kappa shape index (κ1) is 13.7. The Kier molecular flexibility index (Phi) is 3.78. The molecule has 0 saturated heterocycles. The molecule has 0 radical (unpaired) electrons. The van der Waals surface area contributed by atoms with E-state index < -0.39 is 0 Å². The van der Waals surface area contributed by atoms with Crippen LogP contribution in [0.25, 0.3) is 0 Å². The number of nitrogens with zero attached hydrogens (tertiary/aromatic N) is 4. The Morgan fingerprint density at radius 2 is 1.27 bits per heavy atom. The minimum absolute atomic E-state index is 0.805. The molecule has 0 spiro atoms. The SMILES string of the molecule is C1=CCC2=NSC(N=NC3=CC4=CC=CCC4=NS3)=CC2=C1. The average Bonchev–Trinajstić information content (AvgIpc) is 2.59. The smallest absolute Gasteiger partial charge is 0.142 e. The second-order valence-electron chi connectivity index (χ2n) is 4.93. The maximum Gasteiger partial charge on any atom is 0.142 e. The summed E-state index contributed by atoms with van der Waals surface area (Å²) in [7, 11) is 0. The number of hydrogen-bond donors (Lipinski definition) is 0. The Bertz CT molecular complexity index is 723. The Morgan fingerprint density at radius 3 is 1.77 bits per heavy atom. The number of fused-ring (bicyclic) bond motifs is 2. The normalized spacial score (nSPS) is 22.9. The van der Waals surface area contributed by atoms with E-state index in [1.165, 1.54) is 23.9 Å². The zero-order valence-corrected chi connectivity index (χ0v) is 13.3. The first-order valence-electron chi connectivity index (χ1n) is 6.96. The molecule has 0 amide bonds. The molecule has 2 aliphatic carbocycles. The summed E-state index contributed by atoms with van der Waals surface area (Å²) in [6.07, 6.45) is 18.3. The summed E-state index contributed by atoms with van der Waals surface area (Å²) in [4.78, 5) is 0. The molecule has 0 fully saturated rings. The number of allylic oxidation sites excluding steroid dienone is 10. The van der Waals surface area contributed by atoms with Gasteiger partial charge in [0.25, 0.3) is 0 Å². The summed E-state index contributed by atoms with van der Waals surface area (Å²) < 4.78 is 8.96. The van der Waals surface area contributed by atoms with Gasteiger partial charge >= 0.3 is 0 Å². The zero-order chi connectivity index (χ0) is 14.8. The van der Waals surface area contributed by atoms with Crippen molar-refractivity contribution in [3.63, 3.8) is 0 Å². The maximum absolute atomic E-state index is 4.48. The highest BCUT2D eigenvalue weighted by Crippen LogP contribution is 2.33. The summed E-state index contributed by atoms with van der Waals surface area (Å²) in [6, 6.07) is 0. The van der Waals surface area contributed by atoms with Crippen LogP contribution in [0.2, 0.25) is 0 Å². The molecule has 0 aromatic heterocycles. The van der Waals surface area contributed by atoms with Gasteiger partial charge < -0.3 is 0 Å². The van der Waals surface area contributed by atoms with Crippen LogP contribution in [-0.4, -0.2) is 11.4 Å². The van der Waals surface area contributed by atoms with Gasteiger partial charge in [0.2, 0.25) is 0 Å². The molecule has 4 nitrogen and oxygen atoms in total. The van der Waals surface area contributed by atoms with Gasteiger partial charge in [-0.05, 0) is 23.3 Å². The van der Waals surface area contributed by atoms with Crippen molar-refractivity contribution in [1.82, 2.24) is 0 Å². The van der Waals surface area contributed by atoms with E-state index in [1.807, 2.05) is 12.2 Å². The highest BCUT2D eigenvalue weighted by molar-refractivity contribution is 8.02. The molecule has 4 rings (SSSR count). The van der Waals surface area contributed by atoms with E-state index in [0.717, 1.165) is 45.5 Å². The molecule has 22 heavy (non-hydrogen) atoms. The van der Waals surface area contributed by atoms with Gasteiger partial charge in [-0.2, -0.15) is 0 Å². The number of hydrogen-bond acceptors (Lipinski definition) is 6. The Morgan fingerprint density at radius 1 is 0.773 bits per heavy atom. The second-order valence-corrected chi connectivity index (χ2v) is 6.50. The molecule has 2 aliphatic heterocycles. The summed E-state index contributed by atoms with van der Waals surface area (Å²) in [5, 5.41) is 10.2. The molecule has 0 bridgehead atoms. The lowest BCUT2D eigenvalue weighted by Gasteiger charge is -2.14.